The maximum atomic E-state index is 14.2. The van der Waals surface area contributed by atoms with Crippen molar-refractivity contribution < 1.29 is 23.5 Å². The van der Waals surface area contributed by atoms with Gasteiger partial charge in [-0.3, -0.25) is 5.32 Å². The second kappa shape index (κ2) is 7.73. The second-order valence-corrected chi connectivity index (χ2v) is 5.41. The van der Waals surface area contributed by atoms with Crippen molar-refractivity contribution in [1.29, 1.82) is 0 Å². The van der Waals surface area contributed by atoms with Crippen LogP contribution in [0.15, 0.2) is 46.9 Å². The molecule has 0 saturated carbocycles. The average molecular weight is 382 g/mol. The Hall–Kier alpha value is -2.41. The lowest BCUT2D eigenvalue weighted by atomic mass is 10.2. The number of benzene rings is 2. The Morgan fingerprint density at radius 1 is 1.22 bits per heavy atom. The fourth-order valence-electron chi connectivity index (χ4n) is 1.81. The Morgan fingerprint density at radius 3 is 2.57 bits per heavy atom. The van der Waals surface area contributed by atoms with Gasteiger partial charge < -0.3 is 9.47 Å². The van der Waals surface area contributed by atoms with E-state index in [2.05, 4.69) is 26.0 Å². The number of amides is 1. The minimum absolute atomic E-state index is 0.0478. The molecule has 0 spiro atoms. The molecule has 1 amide bonds. The van der Waals surface area contributed by atoms with Gasteiger partial charge in [-0.25, -0.2) is 14.0 Å². The molecule has 5 nitrogen and oxygen atoms in total. The van der Waals surface area contributed by atoms with Crippen molar-refractivity contribution in [3.8, 4) is 0 Å². The molecular formula is C16H13BrFNO4. The lowest BCUT2D eigenvalue weighted by molar-refractivity contribution is 0.0595. The highest BCUT2D eigenvalue weighted by molar-refractivity contribution is 9.10. The second-order valence-electron chi connectivity index (χ2n) is 4.49. The van der Waals surface area contributed by atoms with Gasteiger partial charge in [0.05, 0.1) is 18.4 Å². The van der Waals surface area contributed by atoms with Gasteiger partial charge in [-0.2, -0.15) is 0 Å². The molecule has 1 N–H and O–H groups in total. The highest BCUT2D eigenvalue weighted by atomic mass is 79.9. The molecule has 0 fully saturated rings. The molecule has 0 aliphatic heterocycles. The van der Waals surface area contributed by atoms with Gasteiger partial charge >= 0.3 is 12.1 Å². The number of esters is 1. The van der Waals surface area contributed by atoms with E-state index in [1.165, 1.54) is 12.1 Å². The summed E-state index contributed by atoms with van der Waals surface area (Å²) in [5.41, 5.74) is 0.325. The molecule has 7 heteroatoms. The van der Waals surface area contributed by atoms with E-state index in [0.717, 1.165) is 12.7 Å². The summed E-state index contributed by atoms with van der Waals surface area (Å²) in [5.74, 6) is -1.73. The monoisotopic (exact) mass is 381 g/mol. The molecule has 0 aliphatic carbocycles. The van der Waals surface area contributed by atoms with Gasteiger partial charge in [0.1, 0.15) is 6.61 Å². The third-order valence-electron chi connectivity index (χ3n) is 2.89. The van der Waals surface area contributed by atoms with Crippen molar-refractivity contribution >= 4 is 33.7 Å². The average Bonchev–Trinajstić information content (AvgIpc) is 2.56. The zero-order valence-corrected chi connectivity index (χ0v) is 13.7. The van der Waals surface area contributed by atoms with E-state index in [9.17, 15) is 14.0 Å². The fourth-order valence-corrected chi connectivity index (χ4v) is 2.27. The summed E-state index contributed by atoms with van der Waals surface area (Å²) >= 11 is 3.14. The van der Waals surface area contributed by atoms with Crippen molar-refractivity contribution in [2.45, 2.75) is 6.61 Å². The third-order valence-corrected chi connectivity index (χ3v) is 3.35. The third kappa shape index (κ3) is 4.53. The number of methoxy groups -OCH3 is 1. The summed E-state index contributed by atoms with van der Waals surface area (Å²) in [6.45, 7) is 0.0478. The molecular weight excluding hydrogens is 369 g/mol. The van der Waals surface area contributed by atoms with Crippen LogP contribution in [0.3, 0.4) is 0 Å². The standard InChI is InChI=1S/C16H13BrFNO4/c1-22-15(20)12-7-11(17)8-13(14(12)18)19-16(21)23-9-10-5-3-2-4-6-10/h2-8H,9H2,1H3,(H,19,21). The maximum absolute atomic E-state index is 14.2. The lowest BCUT2D eigenvalue weighted by Gasteiger charge is -2.10. The highest BCUT2D eigenvalue weighted by Gasteiger charge is 2.19. The summed E-state index contributed by atoms with van der Waals surface area (Å²) in [5, 5.41) is 2.27. The molecule has 0 heterocycles. The molecule has 23 heavy (non-hydrogen) atoms. The first kappa shape index (κ1) is 17.0. The van der Waals surface area contributed by atoms with Gasteiger partial charge in [0.15, 0.2) is 5.82 Å². The van der Waals surface area contributed by atoms with E-state index in [1.54, 1.807) is 12.1 Å². The van der Waals surface area contributed by atoms with Crippen LogP contribution in [0, 0.1) is 5.82 Å². The minimum atomic E-state index is -0.892. The number of carbonyl (C=O) groups is 2. The van der Waals surface area contributed by atoms with E-state index >= 15 is 0 Å². The number of rotatable bonds is 4. The van der Waals surface area contributed by atoms with Crippen LogP contribution in [0.5, 0.6) is 0 Å². The summed E-state index contributed by atoms with van der Waals surface area (Å²) in [4.78, 5) is 23.3. The summed E-state index contributed by atoms with van der Waals surface area (Å²) < 4.78 is 24.1. The first-order valence-electron chi connectivity index (χ1n) is 6.56. The number of hydrogen-bond donors (Lipinski definition) is 1. The summed E-state index contributed by atoms with van der Waals surface area (Å²) in [7, 11) is 1.14. The number of carbonyl (C=O) groups excluding carboxylic acids is 2. The van der Waals surface area contributed by atoms with Gasteiger partial charge in [-0.15, -0.1) is 0 Å². The van der Waals surface area contributed by atoms with Crippen molar-refractivity contribution in [3.63, 3.8) is 0 Å². The van der Waals surface area contributed by atoms with Crippen LogP contribution in [0.1, 0.15) is 15.9 Å². The predicted molar refractivity (Wildman–Crippen MR) is 85.7 cm³/mol. The van der Waals surface area contributed by atoms with E-state index in [4.69, 9.17) is 4.74 Å². The van der Waals surface area contributed by atoms with Crippen LogP contribution >= 0.6 is 15.9 Å². The Balaban J connectivity index is 2.08. The van der Waals surface area contributed by atoms with Crippen LogP contribution in [0.4, 0.5) is 14.9 Å². The van der Waals surface area contributed by atoms with Gasteiger partial charge in [-0.05, 0) is 17.7 Å². The van der Waals surface area contributed by atoms with Gasteiger partial charge in [0.25, 0.3) is 0 Å². The number of anilines is 1. The Kier molecular flexibility index (Phi) is 5.70. The van der Waals surface area contributed by atoms with Crippen LogP contribution < -0.4 is 5.32 Å². The molecule has 120 valence electrons. The molecule has 2 rings (SSSR count). The topological polar surface area (TPSA) is 64.6 Å². The van der Waals surface area contributed by atoms with Crippen LogP contribution in [-0.4, -0.2) is 19.2 Å². The predicted octanol–water partition coefficient (Wildman–Crippen LogP) is 4.12. The van der Waals surface area contributed by atoms with Crippen LogP contribution in [-0.2, 0) is 16.1 Å². The zero-order valence-electron chi connectivity index (χ0n) is 12.1. The normalized spacial score (nSPS) is 10.0. The molecule has 2 aromatic rings. The smallest absolute Gasteiger partial charge is 0.412 e. The number of hydrogen-bond acceptors (Lipinski definition) is 4. The van der Waals surface area contributed by atoms with E-state index < -0.39 is 17.9 Å². The molecule has 0 radical (unpaired) electrons. The maximum Gasteiger partial charge on any atom is 0.412 e. The zero-order chi connectivity index (χ0) is 16.8. The van der Waals surface area contributed by atoms with Gasteiger partial charge in [0, 0.05) is 4.47 Å². The SMILES string of the molecule is COC(=O)c1cc(Br)cc(NC(=O)OCc2ccccc2)c1F. The largest absolute Gasteiger partial charge is 0.465 e. The molecule has 0 aromatic heterocycles. The Bertz CT molecular complexity index is 722. The van der Waals surface area contributed by atoms with Crippen molar-refractivity contribution in [2.24, 2.45) is 0 Å². The van der Waals surface area contributed by atoms with Crippen molar-refractivity contribution in [1.82, 2.24) is 0 Å². The minimum Gasteiger partial charge on any atom is -0.465 e. The lowest BCUT2D eigenvalue weighted by Crippen LogP contribution is -2.16. The van der Waals surface area contributed by atoms with Crippen molar-refractivity contribution in [2.75, 3.05) is 12.4 Å². The molecule has 2 aromatic carbocycles. The first-order chi connectivity index (χ1) is 11.0. The van der Waals surface area contributed by atoms with Crippen LogP contribution in [0.2, 0.25) is 0 Å². The van der Waals surface area contributed by atoms with Gasteiger partial charge in [-0.1, -0.05) is 46.3 Å². The molecule has 0 bridgehead atoms. The Morgan fingerprint density at radius 2 is 1.91 bits per heavy atom. The van der Waals surface area contributed by atoms with E-state index in [0.29, 0.717) is 4.47 Å². The molecule has 0 aliphatic rings. The molecule has 0 unspecified atom stereocenters. The fraction of sp³-hybridized carbons (Fsp3) is 0.125. The summed E-state index contributed by atoms with van der Waals surface area (Å²) in [6, 6.07) is 11.6. The van der Waals surface area contributed by atoms with Gasteiger partial charge in [0.2, 0.25) is 0 Å². The number of ether oxygens (including phenoxy) is 2. The summed E-state index contributed by atoms with van der Waals surface area (Å²) in [6.07, 6.45) is -0.832. The highest BCUT2D eigenvalue weighted by Crippen LogP contribution is 2.25. The number of halogens is 2. The molecule has 0 atom stereocenters. The molecule has 0 saturated heterocycles. The van der Waals surface area contributed by atoms with Crippen LogP contribution in [0.25, 0.3) is 0 Å². The van der Waals surface area contributed by atoms with E-state index in [-0.39, 0.29) is 17.9 Å². The van der Waals surface area contributed by atoms with E-state index in [1.807, 2.05) is 18.2 Å². The Labute approximate surface area is 140 Å². The first-order valence-corrected chi connectivity index (χ1v) is 7.35. The number of nitrogens with one attached hydrogen (secondary N) is 1. The quantitative estimate of drug-likeness (QED) is 0.808. The van der Waals surface area contributed by atoms with Crippen molar-refractivity contribution in [3.05, 3.63) is 63.9 Å².